The van der Waals surface area contributed by atoms with E-state index in [-0.39, 0.29) is 16.6 Å². The maximum atomic E-state index is 12.4. The zero-order valence-corrected chi connectivity index (χ0v) is 15.6. The van der Waals surface area contributed by atoms with Crippen molar-refractivity contribution in [2.75, 3.05) is 5.32 Å². The van der Waals surface area contributed by atoms with Crippen LogP contribution in [-0.2, 0) is 16.6 Å². The maximum absolute atomic E-state index is 12.4. The number of aromatic nitrogens is 1. The molecule has 0 fully saturated rings. The first-order valence-electron chi connectivity index (χ1n) is 7.90. The molecule has 0 unspecified atom stereocenters. The van der Waals surface area contributed by atoms with Gasteiger partial charge in [-0.05, 0) is 38.5 Å². The average Bonchev–Trinajstić information content (AvgIpc) is 2.96. The zero-order chi connectivity index (χ0) is 17.9. The summed E-state index contributed by atoms with van der Waals surface area (Å²) >= 11 is 0. The van der Waals surface area contributed by atoms with Crippen molar-refractivity contribution in [1.82, 2.24) is 4.98 Å². The minimum absolute atomic E-state index is 0.0776. The molecule has 1 heterocycles. The molecule has 0 aliphatic heterocycles. The third-order valence-electron chi connectivity index (χ3n) is 3.50. The van der Waals surface area contributed by atoms with E-state index < -0.39 is 10.8 Å². The monoisotopic (exact) mass is 348 g/mol. The molecule has 0 aliphatic carbocycles. The van der Waals surface area contributed by atoms with Crippen LogP contribution in [0, 0.1) is 0 Å². The predicted molar refractivity (Wildman–Crippen MR) is 96.6 cm³/mol. The second-order valence-electron chi connectivity index (χ2n) is 6.98. The Morgan fingerprint density at radius 2 is 2.04 bits per heavy atom. The zero-order valence-electron chi connectivity index (χ0n) is 14.8. The Labute approximate surface area is 145 Å². The number of oxazole rings is 1. The highest BCUT2D eigenvalue weighted by molar-refractivity contribution is 7.85. The van der Waals surface area contributed by atoms with Crippen LogP contribution in [0.25, 0.3) is 0 Å². The molecule has 0 radical (unpaired) electrons. The van der Waals surface area contributed by atoms with Gasteiger partial charge in [0.15, 0.2) is 12.1 Å². The lowest BCUT2D eigenvalue weighted by molar-refractivity contribution is 0.102. The summed E-state index contributed by atoms with van der Waals surface area (Å²) in [6, 6.07) is 7.40. The first-order chi connectivity index (χ1) is 11.2. The maximum Gasteiger partial charge on any atom is 0.277 e. The Kier molecular flexibility index (Phi) is 5.59. The molecule has 2 rings (SSSR count). The topological polar surface area (TPSA) is 72.2 Å². The third kappa shape index (κ3) is 4.54. The number of nitrogens with one attached hydrogen (secondary N) is 1. The number of nitrogens with zero attached hydrogens (tertiary/aromatic N) is 1. The number of benzene rings is 1. The van der Waals surface area contributed by atoms with E-state index in [1.54, 1.807) is 6.07 Å². The number of rotatable bonds is 5. The van der Waals surface area contributed by atoms with Gasteiger partial charge in [0.2, 0.25) is 0 Å². The van der Waals surface area contributed by atoms with Gasteiger partial charge in [-0.2, -0.15) is 0 Å². The molecule has 2 aromatic rings. The smallest absolute Gasteiger partial charge is 0.277 e. The number of hydrogen-bond donors (Lipinski definition) is 1. The molecule has 24 heavy (non-hydrogen) atoms. The van der Waals surface area contributed by atoms with Crippen LogP contribution >= 0.6 is 0 Å². The van der Waals surface area contributed by atoms with Gasteiger partial charge in [-0.25, -0.2) is 4.98 Å². The third-order valence-corrected chi connectivity index (χ3v) is 5.46. The molecule has 1 aromatic carbocycles. The first-order valence-corrected chi connectivity index (χ1v) is 9.22. The SMILES string of the molecule is CC(C)c1ocnc1C(=O)Nc1cccc(C[S@](=O)C(C)(C)C)c1. The fourth-order valence-corrected chi connectivity index (χ4v) is 3.05. The summed E-state index contributed by atoms with van der Waals surface area (Å²) in [4.78, 5) is 16.4. The van der Waals surface area contributed by atoms with Crippen LogP contribution in [0.1, 0.15) is 62.3 Å². The summed E-state index contributed by atoms with van der Waals surface area (Å²) in [5.74, 6) is 0.793. The standard InChI is InChI=1S/C18H24N2O3S/c1-12(2)16-15(19-11-23-16)17(21)20-14-8-6-7-13(9-14)10-24(22)18(3,4)5/h6-9,11-12H,10H2,1-5H3,(H,20,21)/t24-/m0/s1. The number of amides is 1. The molecule has 130 valence electrons. The molecule has 0 saturated heterocycles. The van der Waals surface area contributed by atoms with Gasteiger partial charge in [-0.3, -0.25) is 9.00 Å². The van der Waals surface area contributed by atoms with Crippen molar-refractivity contribution in [3.05, 3.63) is 47.7 Å². The highest BCUT2D eigenvalue weighted by Gasteiger charge is 2.21. The lowest BCUT2D eigenvalue weighted by Crippen LogP contribution is -2.23. The van der Waals surface area contributed by atoms with Gasteiger partial charge in [0.05, 0.1) is 0 Å². The van der Waals surface area contributed by atoms with Crippen LogP contribution in [-0.4, -0.2) is 19.8 Å². The molecule has 0 bridgehead atoms. The molecule has 5 nitrogen and oxygen atoms in total. The molecule has 6 heteroatoms. The predicted octanol–water partition coefficient (Wildman–Crippen LogP) is 4.10. The number of carbonyl (C=O) groups is 1. The van der Waals surface area contributed by atoms with E-state index in [0.717, 1.165) is 5.56 Å². The van der Waals surface area contributed by atoms with Crippen molar-refractivity contribution in [3.8, 4) is 0 Å². The van der Waals surface area contributed by atoms with Crippen molar-refractivity contribution >= 4 is 22.4 Å². The second kappa shape index (κ2) is 7.30. The molecule has 1 N–H and O–H groups in total. The number of hydrogen-bond acceptors (Lipinski definition) is 4. The Balaban J connectivity index is 2.13. The van der Waals surface area contributed by atoms with Crippen molar-refractivity contribution in [1.29, 1.82) is 0 Å². The number of anilines is 1. The van der Waals surface area contributed by atoms with Crippen LogP contribution in [0.5, 0.6) is 0 Å². The van der Waals surface area contributed by atoms with E-state index in [2.05, 4.69) is 10.3 Å². The van der Waals surface area contributed by atoms with Gasteiger partial charge in [-0.15, -0.1) is 0 Å². The van der Waals surface area contributed by atoms with Gasteiger partial charge < -0.3 is 9.73 Å². The quantitative estimate of drug-likeness (QED) is 0.883. The Morgan fingerprint density at radius 3 is 2.67 bits per heavy atom. The summed E-state index contributed by atoms with van der Waals surface area (Å²) in [7, 11) is -0.989. The summed E-state index contributed by atoms with van der Waals surface area (Å²) in [6.45, 7) is 9.74. The molecule has 0 aliphatic rings. The average molecular weight is 348 g/mol. The summed E-state index contributed by atoms with van der Waals surface area (Å²) < 4.78 is 17.3. The van der Waals surface area contributed by atoms with Crippen molar-refractivity contribution in [2.45, 2.75) is 51.0 Å². The van der Waals surface area contributed by atoms with Crippen molar-refractivity contribution in [3.63, 3.8) is 0 Å². The minimum atomic E-state index is -0.989. The minimum Gasteiger partial charge on any atom is -0.447 e. The Hall–Kier alpha value is -1.95. The first kappa shape index (κ1) is 18.4. The van der Waals surface area contributed by atoms with E-state index in [4.69, 9.17) is 4.42 Å². The molecule has 1 aromatic heterocycles. The molecule has 0 spiro atoms. The molecule has 0 saturated carbocycles. The van der Waals surface area contributed by atoms with Crippen LogP contribution in [0.2, 0.25) is 0 Å². The fraction of sp³-hybridized carbons (Fsp3) is 0.444. The Bertz CT molecular complexity index is 745. The molecular formula is C18H24N2O3S. The van der Waals surface area contributed by atoms with E-state index in [9.17, 15) is 9.00 Å². The van der Waals surface area contributed by atoms with E-state index in [1.807, 2.05) is 52.8 Å². The van der Waals surface area contributed by atoms with E-state index in [1.165, 1.54) is 6.39 Å². The van der Waals surface area contributed by atoms with Gasteiger partial charge in [0, 0.05) is 32.9 Å². The normalized spacial score (nSPS) is 13.1. The van der Waals surface area contributed by atoms with Crippen molar-refractivity contribution in [2.24, 2.45) is 0 Å². The molecule has 1 amide bonds. The summed E-state index contributed by atoms with van der Waals surface area (Å²) in [5, 5.41) is 2.83. The van der Waals surface area contributed by atoms with Gasteiger partial charge >= 0.3 is 0 Å². The fourth-order valence-electron chi connectivity index (χ4n) is 2.13. The van der Waals surface area contributed by atoms with Crippen LogP contribution in [0.4, 0.5) is 5.69 Å². The number of carbonyl (C=O) groups excluding carboxylic acids is 1. The highest BCUT2D eigenvalue weighted by Crippen LogP contribution is 2.21. The van der Waals surface area contributed by atoms with Gasteiger partial charge in [0.25, 0.3) is 5.91 Å². The lowest BCUT2D eigenvalue weighted by Gasteiger charge is -2.18. The largest absolute Gasteiger partial charge is 0.447 e. The second-order valence-corrected chi connectivity index (χ2v) is 9.18. The van der Waals surface area contributed by atoms with E-state index >= 15 is 0 Å². The van der Waals surface area contributed by atoms with Crippen LogP contribution in [0.15, 0.2) is 35.1 Å². The summed E-state index contributed by atoms with van der Waals surface area (Å²) in [6.07, 6.45) is 1.28. The summed E-state index contributed by atoms with van der Waals surface area (Å²) in [5.41, 5.74) is 1.88. The highest BCUT2D eigenvalue weighted by atomic mass is 32.2. The van der Waals surface area contributed by atoms with Crippen molar-refractivity contribution < 1.29 is 13.4 Å². The lowest BCUT2D eigenvalue weighted by atomic mass is 10.1. The molecular weight excluding hydrogens is 324 g/mol. The van der Waals surface area contributed by atoms with Gasteiger partial charge in [-0.1, -0.05) is 26.0 Å². The molecule has 1 atom stereocenters. The van der Waals surface area contributed by atoms with Crippen LogP contribution in [0.3, 0.4) is 0 Å². The van der Waals surface area contributed by atoms with E-state index in [0.29, 0.717) is 22.9 Å². The van der Waals surface area contributed by atoms with Crippen LogP contribution < -0.4 is 5.32 Å². The Morgan fingerprint density at radius 1 is 1.33 bits per heavy atom. The van der Waals surface area contributed by atoms with Gasteiger partial charge in [0.1, 0.15) is 5.76 Å².